The van der Waals surface area contributed by atoms with Gasteiger partial charge in [0.05, 0.1) is 17.1 Å². The number of para-hydroxylation sites is 1. The van der Waals surface area contributed by atoms with E-state index in [4.69, 9.17) is 20.2 Å². The largest absolute Gasteiger partial charge is 0.457 e. The van der Waals surface area contributed by atoms with Crippen LogP contribution in [0.15, 0.2) is 72.8 Å². The molecule has 1 aromatic heterocycles. The fourth-order valence-corrected chi connectivity index (χ4v) is 3.66. The van der Waals surface area contributed by atoms with Crippen molar-refractivity contribution >= 4 is 16.9 Å². The van der Waals surface area contributed by atoms with Crippen molar-refractivity contribution in [1.82, 2.24) is 9.97 Å². The second-order valence-corrected chi connectivity index (χ2v) is 8.02. The number of aromatic amines is 1. The quantitative estimate of drug-likeness (QED) is 0.272. The number of aromatic nitrogens is 2. The molecule has 1 amide bonds. The van der Waals surface area contributed by atoms with Gasteiger partial charge in [-0.25, -0.2) is 4.98 Å². The second kappa shape index (κ2) is 10.8. The maximum absolute atomic E-state index is 11.3. The zero-order chi connectivity index (χ0) is 23.0. The molecule has 1 unspecified atom stereocenters. The molecule has 6 heteroatoms. The molecule has 3 N–H and O–H groups in total. The number of hydrogen-bond donors (Lipinski definition) is 2. The molecule has 0 aliphatic carbocycles. The first-order valence-corrected chi connectivity index (χ1v) is 11.4. The summed E-state index contributed by atoms with van der Waals surface area (Å²) < 4.78 is 11.9. The zero-order valence-corrected chi connectivity index (χ0v) is 18.8. The van der Waals surface area contributed by atoms with E-state index in [9.17, 15) is 4.79 Å². The number of fused-ring (bicyclic) bond motifs is 1. The van der Waals surface area contributed by atoms with Gasteiger partial charge in [-0.15, -0.1) is 0 Å². The average molecular weight is 444 g/mol. The Labute approximate surface area is 193 Å². The Balaban J connectivity index is 1.52. The summed E-state index contributed by atoms with van der Waals surface area (Å²) in [6, 6.07) is 23.6. The molecule has 0 aliphatic heterocycles. The molecule has 0 saturated carbocycles. The molecular formula is C27H29N3O3. The number of nitrogens with two attached hydrogens (primary N) is 1. The number of imidazole rings is 1. The number of rotatable bonds is 11. The molecule has 4 aromatic rings. The highest BCUT2D eigenvalue weighted by Crippen LogP contribution is 2.29. The van der Waals surface area contributed by atoms with Gasteiger partial charge in [0.25, 0.3) is 0 Å². The molecule has 3 aromatic carbocycles. The van der Waals surface area contributed by atoms with Crippen LogP contribution in [0.1, 0.15) is 44.3 Å². The second-order valence-electron chi connectivity index (χ2n) is 8.02. The van der Waals surface area contributed by atoms with Crippen molar-refractivity contribution in [1.29, 1.82) is 0 Å². The number of nitrogens with zero attached hydrogens (tertiary/aromatic N) is 1. The van der Waals surface area contributed by atoms with Crippen LogP contribution < -0.4 is 10.5 Å². The fraction of sp³-hybridized carbons (Fsp3) is 0.259. The summed E-state index contributed by atoms with van der Waals surface area (Å²) in [6.45, 7) is 2.78. The van der Waals surface area contributed by atoms with Crippen molar-refractivity contribution < 1.29 is 14.3 Å². The molecule has 0 bridgehead atoms. The topological polar surface area (TPSA) is 90.2 Å². The maximum Gasteiger partial charge on any atom is 0.217 e. The Bertz CT molecular complexity index is 1190. The zero-order valence-electron chi connectivity index (χ0n) is 18.8. The molecule has 33 heavy (non-hydrogen) atoms. The van der Waals surface area contributed by atoms with E-state index in [1.54, 1.807) is 0 Å². The normalized spacial score (nSPS) is 12.0. The van der Waals surface area contributed by atoms with Crippen LogP contribution in [0.2, 0.25) is 0 Å². The minimum absolute atomic E-state index is 0.172. The van der Waals surface area contributed by atoms with Gasteiger partial charge in [-0.05, 0) is 66.9 Å². The van der Waals surface area contributed by atoms with Crippen LogP contribution in [0.25, 0.3) is 22.4 Å². The summed E-state index contributed by atoms with van der Waals surface area (Å²) in [5, 5.41) is 0. The van der Waals surface area contributed by atoms with Gasteiger partial charge in [0.2, 0.25) is 5.91 Å². The Morgan fingerprint density at radius 2 is 1.79 bits per heavy atom. The van der Waals surface area contributed by atoms with E-state index in [-0.39, 0.29) is 12.0 Å². The summed E-state index contributed by atoms with van der Waals surface area (Å²) >= 11 is 0. The third-order valence-corrected chi connectivity index (χ3v) is 5.45. The SMILES string of the molecule is CCCCOC(CCC(N)=O)c1ccc2nc(-c3ccc(Oc4ccccc4)cc3)[nH]c2c1. The van der Waals surface area contributed by atoms with Crippen LogP contribution in [0, 0.1) is 0 Å². The lowest BCUT2D eigenvalue weighted by atomic mass is 10.0. The van der Waals surface area contributed by atoms with E-state index in [1.807, 2.05) is 66.7 Å². The number of benzene rings is 3. The van der Waals surface area contributed by atoms with Crippen molar-refractivity contribution in [2.24, 2.45) is 5.73 Å². The van der Waals surface area contributed by atoms with Gasteiger partial charge in [-0.2, -0.15) is 0 Å². The molecular weight excluding hydrogens is 414 g/mol. The molecule has 170 valence electrons. The van der Waals surface area contributed by atoms with Crippen LogP contribution in [0.3, 0.4) is 0 Å². The molecule has 0 aliphatic rings. The van der Waals surface area contributed by atoms with Crippen LogP contribution in [0.4, 0.5) is 0 Å². The maximum atomic E-state index is 11.3. The lowest BCUT2D eigenvalue weighted by molar-refractivity contribution is -0.118. The first-order chi connectivity index (χ1) is 16.1. The van der Waals surface area contributed by atoms with E-state index in [0.29, 0.717) is 19.4 Å². The van der Waals surface area contributed by atoms with E-state index in [0.717, 1.165) is 52.3 Å². The Kier molecular flexibility index (Phi) is 7.37. The molecule has 0 radical (unpaired) electrons. The Morgan fingerprint density at radius 1 is 1.03 bits per heavy atom. The van der Waals surface area contributed by atoms with Gasteiger partial charge in [0, 0.05) is 18.6 Å². The highest BCUT2D eigenvalue weighted by Gasteiger charge is 2.15. The monoisotopic (exact) mass is 443 g/mol. The molecule has 0 fully saturated rings. The summed E-state index contributed by atoms with van der Waals surface area (Å²) in [5.74, 6) is 2.04. The van der Waals surface area contributed by atoms with Crippen LogP contribution >= 0.6 is 0 Å². The number of carbonyl (C=O) groups excluding carboxylic acids is 1. The van der Waals surface area contributed by atoms with Crippen molar-refractivity contribution in [2.45, 2.75) is 38.7 Å². The molecule has 1 atom stereocenters. The number of ether oxygens (including phenoxy) is 2. The van der Waals surface area contributed by atoms with Gasteiger partial charge >= 0.3 is 0 Å². The third-order valence-electron chi connectivity index (χ3n) is 5.45. The van der Waals surface area contributed by atoms with Crippen molar-refractivity contribution in [2.75, 3.05) is 6.61 Å². The standard InChI is InChI=1S/C27H29N3O3/c1-2-3-17-32-25(15-16-26(28)31)20-11-14-23-24(18-20)30-27(29-23)19-9-12-22(13-10-19)33-21-7-5-4-6-8-21/h4-14,18,25H,2-3,15-17H2,1H3,(H2,28,31)(H,29,30). The third kappa shape index (κ3) is 5.99. The highest BCUT2D eigenvalue weighted by atomic mass is 16.5. The number of amides is 1. The number of primary amides is 1. The number of carbonyl (C=O) groups is 1. The number of unbranched alkanes of at least 4 members (excludes halogenated alkanes) is 1. The summed E-state index contributed by atoms with van der Waals surface area (Å²) in [4.78, 5) is 19.5. The molecule has 1 heterocycles. The molecule has 6 nitrogen and oxygen atoms in total. The lowest BCUT2D eigenvalue weighted by Crippen LogP contribution is -2.14. The van der Waals surface area contributed by atoms with E-state index in [2.05, 4.69) is 18.0 Å². The Morgan fingerprint density at radius 3 is 2.52 bits per heavy atom. The minimum atomic E-state index is -0.316. The van der Waals surface area contributed by atoms with Crippen LogP contribution in [-0.2, 0) is 9.53 Å². The van der Waals surface area contributed by atoms with Crippen molar-refractivity contribution in [3.8, 4) is 22.9 Å². The van der Waals surface area contributed by atoms with Crippen LogP contribution in [0.5, 0.6) is 11.5 Å². The predicted molar refractivity (Wildman–Crippen MR) is 130 cm³/mol. The minimum Gasteiger partial charge on any atom is -0.457 e. The van der Waals surface area contributed by atoms with Gasteiger partial charge in [0.1, 0.15) is 17.3 Å². The summed E-state index contributed by atoms with van der Waals surface area (Å²) in [6.07, 6.45) is 2.72. The van der Waals surface area contributed by atoms with Gasteiger partial charge in [0.15, 0.2) is 0 Å². The average Bonchev–Trinajstić information content (AvgIpc) is 3.26. The number of H-pyrrole nitrogens is 1. The highest BCUT2D eigenvalue weighted by molar-refractivity contribution is 5.80. The van der Waals surface area contributed by atoms with Gasteiger partial charge in [-0.1, -0.05) is 37.6 Å². The number of hydrogen-bond acceptors (Lipinski definition) is 4. The first kappa shape index (κ1) is 22.6. The van der Waals surface area contributed by atoms with Crippen LogP contribution in [-0.4, -0.2) is 22.5 Å². The van der Waals surface area contributed by atoms with E-state index < -0.39 is 0 Å². The van der Waals surface area contributed by atoms with E-state index in [1.165, 1.54) is 0 Å². The van der Waals surface area contributed by atoms with Gasteiger partial charge in [-0.3, -0.25) is 4.79 Å². The molecule has 0 spiro atoms. The summed E-state index contributed by atoms with van der Waals surface area (Å²) in [7, 11) is 0. The fourth-order valence-electron chi connectivity index (χ4n) is 3.66. The predicted octanol–water partition coefficient (Wildman–Crippen LogP) is 6.15. The first-order valence-electron chi connectivity index (χ1n) is 11.4. The lowest BCUT2D eigenvalue weighted by Gasteiger charge is -2.18. The van der Waals surface area contributed by atoms with E-state index >= 15 is 0 Å². The summed E-state index contributed by atoms with van der Waals surface area (Å²) in [5.41, 5.74) is 9.15. The smallest absolute Gasteiger partial charge is 0.217 e. The van der Waals surface area contributed by atoms with Crippen molar-refractivity contribution in [3.63, 3.8) is 0 Å². The van der Waals surface area contributed by atoms with Gasteiger partial charge < -0.3 is 20.2 Å². The molecule has 4 rings (SSSR count). The molecule has 0 saturated heterocycles. The van der Waals surface area contributed by atoms with Crippen molar-refractivity contribution in [3.05, 3.63) is 78.4 Å². The number of nitrogens with one attached hydrogen (secondary N) is 1. The Hall–Kier alpha value is -3.64.